The first kappa shape index (κ1) is 22.4. The summed E-state index contributed by atoms with van der Waals surface area (Å²) < 4.78 is 5.12. The van der Waals surface area contributed by atoms with Crippen LogP contribution in [0.1, 0.15) is 47.4 Å². The summed E-state index contributed by atoms with van der Waals surface area (Å²) in [6, 6.07) is 13.7. The van der Waals surface area contributed by atoms with E-state index >= 15 is 0 Å². The molecule has 0 spiro atoms. The minimum atomic E-state index is -1.06. The highest BCUT2D eigenvalue weighted by molar-refractivity contribution is 7.98. The fourth-order valence-corrected chi connectivity index (χ4v) is 2.99. The number of thioether (sulfide) groups is 1. The molecule has 0 aliphatic heterocycles. The van der Waals surface area contributed by atoms with Crippen LogP contribution in [0.2, 0.25) is 0 Å². The van der Waals surface area contributed by atoms with Gasteiger partial charge in [0.25, 0.3) is 5.91 Å². The van der Waals surface area contributed by atoms with E-state index in [0.29, 0.717) is 16.8 Å². The van der Waals surface area contributed by atoms with Crippen LogP contribution in [0.4, 0.5) is 5.69 Å². The van der Waals surface area contributed by atoms with Gasteiger partial charge < -0.3 is 10.1 Å². The Hall–Kier alpha value is -2.93. The Balaban J connectivity index is 1.85. The average molecular weight is 413 g/mol. The molecule has 0 aliphatic carbocycles. The second kappa shape index (κ2) is 10.6. The second-order valence-corrected chi connectivity index (χ2v) is 7.25. The van der Waals surface area contributed by atoms with Crippen molar-refractivity contribution < 1.29 is 23.9 Å². The van der Waals surface area contributed by atoms with Gasteiger partial charge in [-0.05, 0) is 44.4 Å². The fourth-order valence-electron chi connectivity index (χ4n) is 2.58. The van der Waals surface area contributed by atoms with Gasteiger partial charge in [-0.3, -0.25) is 19.2 Å². The Morgan fingerprint density at radius 1 is 1.00 bits per heavy atom. The summed E-state index contributed by atoms with van der Waals surface area (Å²) in [6.07, 6.45) is 0.769. The molecule has 0 bridgehead atoms. The summed E-state index contributed by atoms with van der Waals surface area (Å²) in [5, 5.41) is 2.59. The highest BCUT2D eigenvalue weighted by Crippen LogP contribution is 2.17. The topological polar surface area (TPSA) is 89.5 Å². The highest BCUT2D eigenvalue weighted by atomic mass is 32.2. The van der Waals surface area contributed by atoms with Crippen molar-refractivity contribution in [3.8, 4) is 0 Å². The monoisotopic (exact) mass is 413 g/mol. The van der Waals surface area contributed by atoms with Crippen LogP contribution >= 0.6 is 11.8 Å². The number of hydrogen-bond donors (Lipinski definition) is 1. The number of para-hydroxylation sites is 1. The maximum absolute atomic E-state index is 12.3. The normalized spacial score (nSPS) is 11.4. The number of hydrogen-bond acceptors (Lipinski definition) is 6. The van der Waals surface area contributed by atoms with E-state index in [1.165, 1.54) is 13.8 Å². The molecule has 1 N–H and O–H groups in total. The number of esters is 1. The van der Waals surface area contributed by atoms with Crippen LogP contribution in [-0.4, -0.2) is 35.8 Å². The predicted molar refractivity (Wildman–Crippen MR) is 112 cm³/mol. The summed E-state index contributed by atoms with van der Waals surface area (Å²) >= 11 is 1.58. The molecule has 1 amide bonds. The smallest absolute Gasteiger partial charge is 0.307 e. The number of carbonyl (C=O) groups is 4. The Labute approximate surface area is 174 Å². The summed E-state index contributed by atoms with van der Waals surface area (Å²) in [5.41, 5.74) is 1.26. The standard InChI is InChI=1S/C22H23NO5S/c1-14(24)18-6-4-5-7-19(18)23-22(27)15(2)28-21(26)13-12-20(25)16-8-10-17(29-3)11-9-16/h4-11,15H,12-13H2,1-3H3,(H,23,27)/t15-/m1/s1. The maximum Gasteiger partial charge on any atom is 0.307 e. The third-order valence-electron chi connectivity index (χ3n) is 4.21. The van der Waals surface area contributed by atoms with Crippen LogP contribution in [0.15, 0.2) is 53.4 Å². The molecule has 0 saturated heterocycles. The first-order valence-electron chi connectivity index (χ1n) is 9.09. The summed E-state index contributed by atoms with van der Waals surface area (Å²) in [6.45, 7) is 2.84. The third kappa shape index (κ3) is 6.57. The van der Waals surface area contributed by atoms with Crippen molar-refractivity contribution in [1.29, 1.82) is 0 Å². The summed E-state index contributed by atoms with van der Waals surface area (Å²) in [7, 11) is 0. The van der Waals surface area contributed by atoms with Crippen molar-refractivity contribution in [2.45, 2.75) is 37.7 Å². The molecule has 2 aromatic carbocycles. The van der Waals surface area contributed by atoms with E-state index in [1.54, 1.807) is 48.2 Å². The van der Waals surface area contributed by atoms with E-state index in [1.807, 2.05) is 18.4 Å². The van der Waals surface area contributed by atoms with Crippen molar-refractivity contribution >= 4 is 40.9 Å². The van der Waals surface area contributed by atoms with Gasteiger partial charge in [0.15, 0.2) is 17.7 Å². The minimum absolute atomic E-state index is 0.00103. The van der Waals surface area contributed by atoms with E-state index in [-0.39, 0.29) is 24.4 Å². The van der Waals surface area contributed by atoms with Gasteiger partial charge in [-0.15, -0.1) is 11.8 Å². The van der Waals surface area contributed by atoms with Gasteiger partial charge in [-0.25, -0.2) is 0 Å². The van der Waals surface area contributed by atoms with Gasteiger partial charge in [0.05, 0.1) is 12.1 Å². The second-order valence-electron chi connectivity index (χ2n) is 6.37. The Bertz CT molecular complexity index is 908. The van der Waals surface area contributed by atoms with Gasteiger partial charge in [0.2, 0.25) is 0 Å². The van der Waals surface area contributed by atoms with Gasteiger partial charge in [0, 0.05) is 22.4 Å². The summed E-state index contributed by atoms with van der Waals surface area (Å²) in [5.74, 6) is -1.54. The zero-order valence-electron chi connectivity index (χ0n) is 16.6. The van der Waals surface area contributed by atoms with Crippen molar-refractivity contribution in [3.05, 3.63) is 59.7 Å². The van der Waals surface area contributed by atoms with Crippen molar-refractivity contribution in [2.24, 2.45) is 0 Å². The highest BCUT2D eigenvalue weighted by Gasteiger charge is 2.20. The molecule has 6 nitrogen and oxygen atoms in total. The molecular weight excluding hydrogens is 390 g/mol. The van der Waals surface area contributed by atoms with Crippen molar-refractivity contribution in [1.82, 2.24) is 0 Å². The minimum Gasteiger partial charge on any atom is -0.453 e. The van der Waals surface area contributed by atoms with E-state index < -0.39 is 18.0 Å². The molecule has 1 atom stereocenters. The average Bonchev–Trinajstić information content (AvgIpc) is 2.72. The van der Waals surface area contributed by atoms with Crippen LogP contribution in [0, 0.1) is 0 Å². The fraction of sp³-hybridized carbons (Fsp3) is 0.273. The molecule has 152 valence electrons. The lowest BCUT2D eigenvalue weighted by Crippen LogP contribution is -2.30. The van der Waals surface area contributed by atoms with Crippen LogP contribution in [0.25, 0.3) is 0 Å². The number of ether oxygens (including phenoxy) is 1. The molecular formula is C22H23NO5S. The van der Waals surface area contributed by atoms with Gasteiger partial charge in [-0.1, -0.05) is 24.3 Å². The lowest BCUT2D eigenvalue weighted by molar-refractivity contribution is -0.153. The molecule has 0 aliphatic rings. The van der Waals surface area contributed by atoms with Gasteiger partial charge in [0.1, 0.15) is 0 Å². The number of benzene rings is 2. The molecule has 29 heavy (non-hydrogen) atoms. The molecule has 2 aromatic rings. The summed E-state index contributed by atoms with van der Waals surface area (Å²) in [4.78, 5) is 49.1. The number of amides is 1. The molecule has 0 heterocycles. The first-order valence-corrected chi connectivity index (χ1v) is 10.3. The zero-order valence-corrected chi connectivity index (χ0v) is 17.4. The maximum atomic E-state index is 12.3. The van der Waals surface area contributed by atoms with Crippen LogP contribution in [0.3, 0.4) is 0 Å². The van der Waals surface area contributed by atoms with Crippen LogP contribution < -0.4 is 5.32 Å². The first-order chi connectivity index (χ1) is 13.8. The predicted octanol–water partition coefficient (Wildman–Crippen LogP) is 4.14. The molecule has 0 aromatic heterocycles. The Kier molecular flexibility index (Phi) is 8.15. The third-order valence-corrected chi connectivity index (χ3v) is 4.95. The lowest BCUT2D eigenvalue weighted by Gasteiger charge is -2.15. The van der Waals surface area contributed by atoms with Crippen molar-refractivity contribution in [3.63, 3.8) is 0 Å². The molecule has 0 radical (unpaired) electrons. The largest absolute Gasteiger partial charge is 0.453 e. The number of ketones is 2. The number of rotatable bonds is 9. The van der Waals surface area contributed by atoms with Crippen LogP contribution in [-0.2, 0) is 14.3 Å². The SMILES string of the molecule is CSc1ccc(C(=O)CCC(=O)O[C@H](C)C(=O)Nc2ccccc2C(C)=O)cc1. The van der Waals surface area contributed by atoms with Gasteiger partial charge >= 0.3 is 5.97 Å². The number of carbonyl (C=O) groups excluding carboxylic acids is 4. The zero-order chi connectivity index (χ0) is 21.4. The number of Topliss-reactive ketones (excluding diaryl/α,β-unsaturated/α-hetero) is 2. The van der Waals surface area contributed by atoms with E-state index in [2.05, 4.69) is 5.32 Å². The molecule has 0 saturated carbocycles. The molecule has 2 rings (SSSR count). The lowest BCUT2D eigenvalue weighted by atomic mass is 10.1. The molecule has 0 unspecified atom stereocenters. The Morgan fingerprint density at radius 3 is 2.28 bits per heavy atom. The number of nitrogens with one attached hydrogen (secondary N) is 1. The van der Waals surface area contributed by atoms with Crippen LogP contribution in [0.5, 0.6) is 0 Å². The molecule has 7 heteroatoms. The Morgan fingerprint density at radius 2 is 1.66 bits per heavy atom. The van der Waals surface area contributed by atoms with Crippen molar-refractivity contribution in [2.75, 3.05) is 11.6 Å². The molecule has 0 fully saturated rings. The quantitative estimate of drug-likeness (QED) is 0.377. The number of anilines is 1. The van der Waals surface area contributed by atoms with E-state index in [9.17, 15) is 19.2 Å². The van der Waals surface area contributed by atoms with Gasteiger partial charge in [-0.2, -0.15) is 0 Å². The van der Waals surface area contributed by atoms with E-state index in [0.717, 1.165) is 4.90 Å². The van der Waals surface area contributed by atoms with E-state index in [4.69, 9.17) is 4.74 Å².